The van der Waals surface area contributed by atoms with Gasteiger partial charge in [0.1, 0.15) is 0 Å². The molecule has 0 saturated carbocycles. The SMILES string of the molecule is Nc1ccccc1C(=O)[O-].[Rb+]. The predicted molar refractivity (Wildman–Crippen MR) is 35.2 cm³/mol. The van der Waals surface area contributed by atoms with E-state index in [1.807, 2.05) is 0 Å². The Labute approximate surface area is 113 Å². The third kappa shape index (κ3) is 3.03. The van der Waals surface area contributed by atoms with E-state index in [9.17, 15) is 9.90 Å². The molecule has 0 fully saturated rings. The van der Waals surface area contributed by atoms with E-state index in [1.165, 1.54) is 12.1 Å². The van der Waals surface area contributed by atoms with Gasteiger partial charge in [-0.25, -0.2) is 0 Å². The van der Waals surface area contributed by atoms with Crippen molar-refractivity contribution in [2.24, 2.45) is 0 Å². The number of hydrogen-bond donors (Lipinski definition) is 1. The normalized spacial score (nSPS) is 8.36. The monoisotopic (exact) mass is 221 g/mol. The maximum absolute atomic E-state index is 10.2. The van der Waals surface area contributed by atoms with Crippen LogP contribution in [0.2, 0.25) is 0 Å². The molecule has 0 aliphatic rings. The van der Waals surface area contributed by atoms with Gasteiger partial charge in [-0.1, -0.05) is 18.2 Å². The minimum Gasteiger partial charge on any atom is -0.545 e. The van der Waals surface area contributed by atoms with Crippen molar-refractivity contribution in [3.8, 4) is 0 Å². The second kappa shape index (κ2) is 5.03. The van der Waals surface area contributed by atoms with E-state index in [1.54, 1.807) is 12.1 Å². The Morgan fingerprint density at radius 1 is 1.36 bits per heavy atom. The number of nitrogen functional groups attached to an aromatic ring is 1. The average molecular weight is 222 g/mol. The zero-order valence-corrected chi connectivity index (χ0v) is 11.1. The van der Waals surface area contributed by atoms with Crippen LogP contribution in [0, 0.1) is 0 Å². The molecule has 4 heteroatoms. The number of benzene rings is 1. The van der Waals surface area contributed by atoms with Crippen molar-refractivity contribution in [1.29, 1.82) is 0 Å². The topological polar surface area (TPSA) is 66.2 Å². The first-order valence-electron chi connectivity index (χ1n) is 2.77. The fourth-order valence-electron chi connectivity index (χ4n) is 0.683. The van der Waals surface area contributed by atoms with E-state index in [0.29, 0.717) is 0 Å². The number of carboxylic acids is 1. The van der Waals surface area contributed by atoms with Crippen LogP contribution in [0.4, 0.5) is 5.69 Å². The zero-order valence-electron chi connectivity index (χ0n) is 6.20. The van der Waals surface area contributed by atoms with Gasteiger partial charge >= 0.3 is 58.2 Å². The molecule has 1 aromatic rings. The fraction of sp³-hybridized carbons (Fsp3) is 0. The Balaban J connectivity index is 0.000001000. The molecule has 0 saturated heterocycles. The van der Waals surface area contributed by atoms with E-state index < -0.39 is 5.97 Å². The number of carboxylic acid groups (broad SMARTS) is 1. The van der Waals surface area contributed by atoms with Gasteiger partial charge < -0.3 is 15.6 Å². The maximum atomic E-state index is 10.2. The van der Waals surface area contributed by atoms with Gasteiger partial charge in [0.05, 0.1) is 5.97 Å². The van der Waals surface area contributed by atoms with Crippen LogP contribution in [0.5, 0.6) is 0 Å². The molecular weight excluding hydrogens is 216 g/mol. The van der Waals surface area contributed by atoms with Crippen LogP contribution in [0.15, 0.2) is 24.3 Å². The van der Waals surface area contributed by atoms with Gasteiger partial charge in [-0.15, -0.1) is 0 Å². The summed E-state index contributed by atoms with van der Waals surface area (Å²) in [6, 6.07) is 6.19. The Kier molecular flexibility index (Phi) is 5.17. The standard InChI is InChI=1S/C7H7NO2.Rb/c8-6-4-2-1-3-5(6)7(9)10;/h1-4H,8H2,(H,9,10);/q;+1/p-1. The van der Waals surface area contributed by atoms with Gasteiger partial charge in [-0.2, -0.15) is 0 Å². The van der Waals surface area contributed by atoms with Crippen molar-refractivity contribution >= 4 is 11.7 Å². The first-order valence-corrected chi connectivity index (χ1v) is 2.77. The number of nitrogens with two attached hydrogens (primary N) is 1. The van der Waals surface area contributed by atoms with Crippen LogP contribution in [0.25, 0.3) is 0 Å². The van der Waals surface area contributed by atoms with Gasteiger partial charge in [0.2, 0.25) is 0 Å². The van der Waals surface area contributed by atoms with E-state index >= 15 is 0 Å². The minimum absolute atomic E-state index is 0. The van der Waals surface area contributed by atoms with Crippen LogP contribution in [0.1, 0.15) is 10.4 Å². The van der Waals surface area contributed by atoms with Crippen LogP contribution in [-0.2, 0) is 0 Å². The minimum atomic E-state index is -1.24. The predicted octanol–water partition coefficient (Wildman–Crippen LogP) is -3.36. The Morgan fingerprint density at radius 3 is 2.27 bits per heavy atom. The molecule has 0 bridgehead atoms. The molecule has 0 unspecified atom stereocenters. The number of hydrogen-bond acceptors (Lipinski definition) is 3. The summed E-state index contributed by atoms with van der Waals surface area (Å²) in [5, 5.41) is 10.2. The number of anilines is 1. The molecule has 1 rings (SSSR count). The molecule has 52 valence electrons. The van der Waals surface area contributed by atoms with Gasteiger partial charge in [0, 0.05) is 11.3 Å². The van der Waals surface area contributed by atoms with Crippen molar-refractivity contribution in [3.63, 3.8) is 0 Å². The summed E-state index contributed by atoms with van der Waals surface area (Å²) in [5.41, 5.74) is 5.58. The summed E-state index contributed by atoms with van der Waals surface area (Å²) < 4.78 is 0. The fourth-order valence-corrected chi connectivity index (χ4v) is 0.683. The third-order valence-electron chi connectivity index (χ3n) is 1.18. The molecule has 1 aromatic carbocycles. The van der Waals surface area contributed by atoms with E-state index in [4.69, 9.17) is 5.73 Å². The van der Waals surface area contributed by atoms with Crippen molar-refractivity contribution in [2.75, 3.05) is 5.73 Å². The van der Waals surface area contributed by atoms with Crippen molar-refractivity contribution in [2.45, 2.75) is 0 Å². The van der Waals surface area contributed by atoms with E-state index in [-0.39, 0.29) is 69.4 Å². The van der Waals surface area contributed by atoms with Crippen molar-refractivity contribution < 1.29 is 68.1 Å². The summed E-state index contributed by atoms with van der Waals surface area (Å²) in [6.45, 7) is 0. The summed E-state index contributed by atoms with van der Waals surface area (Å²) in [7, 11) is 0. The van der Waals surface area contributed by atoms with E-state index in [0.717, 1.165) is 0 Å². The maximum Gasteiger partial charge on any atom is 1.00 e. The van der Waals surface area contributed by atoms with Crippen LogP contribution in [-0.4, -0.2) is 5.97 Å². The molecule has 0 aromatic heterocycles. The van der Waals surface area contributed by atoms with Crippen molar-refractivity contribution in [1.82, 2.24) is 0 Å². The number of aromatic carboxylic acids is 1. The Bertz CT molecular complexity index is 262. The second-order valence-corrected chi connectivity index (χ2v) is 1.87. The summed E-state index contributed by atoms with van der Waals surface area (Å²) in [4.78, 5) is 10.2. The molecular formula is C7H6NO2Rb. The molecule has 11 heavy (non-hydrogen) atoms. The molecule has 0 radical (unpaired) electrons. The largest absolute Gasteiger partial charge is 1.00 e. The smallest absolute Gasteiger partial charge is 0.545 e. The zero-order chi connectivity index (χ0) is 7.56. The number of rotatable bonds is 1. The quantitative estimate of drug-likeness (QED) is 0.504. The van der Waals surface area contributed by atoms with Crippen molar-refractivity contribution in [3.05, 3.63) is 29.8 Å². The number of carbonyl (C=O) groups is 1. The first kappa shape index (κ1) is 11.3. The molecule has 0 aliphatic heterocycles. The van der Waals surface area contributed by atoms with Crippen LogP contribution >= 0.6 is 0 Å². The molecule has 0 atom stereocenters. The Hall–Kier alpha value is 0.295. The van der Waals surface area contributed by atoms with Gasteiger partial charge in [0.25, 0.3) is 0 Å². The molecule has 3 nitrogen and oxygen atoms in total. The van der Waals surface area contributed by atoms with Gasteiger partial charge in [-0.3, -0.25) is 0 Å². The number of para-hydroxylation sites is 1. The van der Waals surface area contributed by atoms with E-state index in [2.05, 4.69) is 0 Å². The number of carbonyl (C=O) groups excluding carboxylic acids is 1. The molecule has 2 N–H and O–H groups in total. The summed E-state index contributed by atoms with van der Waals surface area (Å²) >= 11 is 0. The van der Waals surface area contributed by atoms with Crippen LogP contribution in [0.3, 0.4) is 0 Å². The summed E-state index contributed by atoms with van der Waals surface area (Å²) in [6.07, 6.45) is 0. The first-order chi connectivity index (χ1) is 4.72. The molecule has 0 aliphatic carbocycles. The van der Waals surface area contributed by atoms with Crippen LogP contribution < -0.4 is 69.0 Å². The van der Waals surface area contributed by atoms with Gasteiger partial charge in [-0.05, 0) is 6.07 Å². The summed E-state index contributed by atoms with van der Waals surface area (Å²) in [5.74, 6) is -1.24. The third-order valence-corrected chi connectivity index (χ3v) is 1.18. The Morgan fingerprint density at radius 2 is 1.91 bits per heavy atom. The average Bonchev–Trinajstić information content (AvgIpc) is 1.88. The van der Waals surface area contributed by atoms with Gasteiger partial charge in [0.15, 0.2) is 0 Å². The molecule has 0 heterocycles. The second-order valence-electron chi connectivity index (χ2n) is 1.87. The molecule has 0 spiro atoms. The molecule has 0 amide bonds.